The summed E-state index contributed by atoms with van der Waals surface area (Å²) in [6, 6.07) is -0.372. The second kappa shape index (κ2) is 25.1. The average molecular weight is 975 g/mol. The lowest BCUT2D eigenvalue weighted by molar-refractivity contribution is -0.174. The molecular weight excluding hydrogens is 863 g/mol. The molecule has 0 aromatic heterocycles. The van der Waals surface area contributed by atoms with Gasteiger partial charge in [0.25, 0.3) is 0 Å². The van der Waals surface area contributed by atoms with Crippen LogP contribution in [0, 0.1) is 75.9 Å². The summed E-state index contributed by atoms with van der Waals surface area (Å²) in [6.07, 6.45) is 39.9. The highest BCUT2D eigenvalue weighted by Gasteiger charge is 2.63. The Bertz CT molecular complexity index is 1590. The van der Waals surface area contributed by atoms with Crippen molar-refractivity contribution < 1.29 is 19.8 Å². The number of amides is 2. The number of carbonyl (C=O) groups excluding carboxylic acids is 2. The fourth-order valence-electron chi connectivity index (χ4n) is 19.4. The molecular formula is C63H111N3O4. The quantitative estimate of drug-likeness (QED) is 0.0713. The van der Waals surface area contributed by atoms with E-state index in [4.69, 9.17) is 0 Å². The van der Waals surface area contributed by atoms with Crippen LogP contribution in [0.1, 0.15) is 260 Å². The number of fused-ring (bicyclic) bond motifs is 5. The molecule has 9 aliphatic rings. The molecule has 7 nitrogen and oxygen atoms in total. The summed E-state index contributed by atoms with van der Waals surface area (Å²) in [4.78, 5) is 36.2. The number of aliphatic hydroxyl groups excluding tert-OH is 2. The summed E-state index contributed by atoms with van der Waals surface area (Å²) < 4.78 is 0. The van der Waals surface area contributed by atoms with E-state index in [-0.39, 0.29) is 52.4 Å². The van der Waals surface area contributed by atoms with Crippen molar-refractivity contribution in [3.8, 4) is 0 Å². The minimum absolute atomic E-state index is 0.0671. The molecule has 70 heavy (non-hydrogen) atoms. The molecule has 2 amide bonds. The van der Waals surface area contributed by atoms with Gasteiger partial charge in [-0.15, -0.1) is 0 Å². The molecule has 1 saturated heterocycles. The molecule has 402 valence electrons. The zero-order valence-electron chi connectivity index (χ0n) is 46.6. The molecule has 0 radical (unpaired) electrons. The number of hydrogen-bond acceptors (Lipinski definition) is 5. The maximum absolute atomic E-state index is 15.7. The molecule has 0 aromatic rings. The van der Waals surface area contributed by atoms with Crippen LogP contribution in [0.5, 0.6) is 0 Å². The summed E-state index contributed by atoms with van der Waals surface area (Å²) in [7, 11) is 0. The van der Waals surface area contributed by atoms with Gasteiger partial charge < -0.3 is 25.3 Å². The van der Waals surface area contributed by atoms with E-state index >= 15 is 9.59 Å². The van der Waals surface area contributed by atoms with Crippen LogP contribution in [0.25, 0.3) is 0 Å². The first-order valence-corrected chi connectivity index (χ1v) is 31.5. The number of piperidine rings is 1. The van der Waals surface area contributed by atoms with Gasteiger partial charge in [0.15, 0.2) is 0 Å². The van der Waals surface area contributed by atoms with Crippen molar-refractivity contribution in [2.45, 2.75) is 284 Å². The predicted octanol–water partition coefficient (Wildman–Crippen LogP) is 14.3. The Hall–Kier alpha value is -1.18. The fourth-order valence-corrected chi connectivity index (χ4v) is 19.4. The Labute approximate surface area is 430 Å². The molecule has 3 N–H and O–H groups in total. The molecule has 8 saturated carbocycles. The van der Waals surface area contributed by atoms with Gasteiger partial charge in [0.1, 0.15) is 6.04 Å². The molecule has 0 aromatic carbocycles. The average Bonchev–Trinajstić information content (AvgIpc) is 3.69. The van der Waals surface area contributed by atoms with Gasteiger partial charge in [0.2, 0.25) is 11.8 Å². The second-order valence-electron chi connectivity index (χ2n) is 27.6. The van der Waals surface area contributed by atoms with Crippen molar-refractivity contribution >= 4 is 11.8 Å². The van der Waals surface area contributed by atoms with Crippen molar-refractivity contribution in [1.29, 1.82) is 0 Å². The van der Waals surface area contributed by atoms with Crippen molar-refractivity contribution in [3.05, 3.63) is 0 Å². The van der Waals surface area contributed by atoms with Crippen LogP contribution in [0.2, 0.25) is 0 Å². The van der Waals surface area contributed by atoms with Crippen molar-refractivity contribution in [3.63, 3.8) is 0 Å². The summed E-state index contributed by atoms with van der Waals surface area (Å²) in [6.45, 7) is 18.4. The molecule has 8 aliphatic carbocycles. The number of unbranched alkanes of at least 4 members (excludes halogenated alkanes) is 12. The first-order chi connectivity index (χ1) is 33.8. The van der Waals surface area contributed by atoms with Gasteiger partial charge >= 0.3 is 0 Å². The highest BCUT2D eigenvalue weighted by atomic mass is 16.3. The topological polar surface area (TPSA) is 93.1 Å². The van der Waals surface area contributed by atoms with E-state index in [1.807, 2.05) is 0 Å². The maximum atomic E-state index is 15.7. The molecule has 4 bridgehead atoms. The molecule has 1 heterocycles. The SMILES string of the molecule is CCCCCCCCCCC(CCCCCCCC)CN(C(=O)CC[C@@H](C)C1CCC2[C@@H]3[C@H](O)C[C@@H]4C[C@H](O)CC[C@]4(C)[C@H]3CC[C@@]21C)C(C(=O)NC12CC3CC(CC(C3)C1)C2)C1CCN(CC)CC1. The van der Waals surface area contributed by atoms with Crippen molar-refractivity contribution in [1.82, 2.24) is 15.1 Å². The van der Waals surface area contributed by atoms with E-state index < -0.39 is 0 Å². The van der Waals surface area contributed by atoms with Gasteiger partial charge in [0, 0.05) is 18.5 Å². The van der Waals surface area contributed by atoms with Crippen LogP contribution in [-0.4, -0.2) is 81.8 Å². The van der Waals surface area contributed by atoms with Gasteiger partial charge in [-0.3, -0.25) is 9.59 Å². The predicted molar refractivity (Wildman–Crippen MR) is 289 cm³/mol. The third kappa shape index (κ3) is 12.7. The Kier molecular flexibility index (Phi) is 19.8. The normalized spacial score (nSPS) is 38.4. The largest absolute Gasteiger partial charge is 0.393 e. The first kappa shape index (κ1) is 55.1. The van der Waals surface area contributed by atoms with Crippen LogP contribution in [0.3, 0.4) is 0 Å². The zero-order valence-corrected chi connectivity index (χ0v) is 46.6. The minimum atomic E-state index is -0.372. The van der Waals surface area contributed by atoms with E-state index in [1.165, 1.54) is 148 Å². The third-order valence-electron chi connectivity index (χ3n) is 23.0. The lowest BCUT2D eigenvalue weighted by Crippen LogP contribution is -2.64. The number of carbonyl (C=O) groups is 2. The van der Waals surface area contributed by atoms with Gasteiger partial charge in [-0.25, -0.2) is 0 Å². The van der Waals surface area contributed by atoms with Crippen LogP contribution in [0.4, 0.5) is 0 Å². The van der Waals surface area contributed by atoms with Crippen LogP contribution in [0.15, 0.2) is 0 Å². The minimum Gasteiger partial charge on any atom is -0.393 e. The maximum Gasteiger partial charge on any atom is 0.243 e. The number of nitrogens with zero attached hydrogens (tertiary/aromatic N) is 2. The number of likely N-dealkylation sites (tertiary alicyclic amines) is 1. The van der Waals surface area contributed by atoms with Gasteiger partial charge in [-0.05, 0) is 218 Å². The van der Waals surface area contributed by atoms with Crippen molar-refractivity contribution in [2.24, 2.45) is 75.9 Å². The van der Waals surface area contributed by atoms with Crippen LogP contribution < -0.4 is 5.32 Å². The Balaban J connectivity index is 1.01. The molecule has 0 spiro atoms. The molecule has 12 atom stereocenters. The highest BCUT2D eigenvalue weighted by Crippen LogP contribution is 2.68. The van der Waals surface area contributed by atoms with E-state index in [0.717, 1.165) is 108 Å². The summed E-state index contributed by atoms with van der Waals surface area (Å²) in [5.74, 6) is 6.29. The standard InChI is InChI=1S/C63H111N3O4/c1-7-10-12-14-16-17-19-21-23-46(22-20-18-15-13-11-8-2)44-66(59(50-30-34-65(9-3)35-31-50)60(70)64-63-41-47-36-48(42-63)38-49(37-47)43-63)57(69)27-24-45(4)53-25-26-54-58-55(29-33-62(53,54)6)61(5)32-28-52(67)39-51(61)40-56(58)68/h45-56,58-59,67-68H,7-44H2,1-6H3,(H,64,70)/t45-,46?,47?,48?,49?,51+,52-,53?,54?,55+,56-,58+,59?,61+,62-,63?/m1/s1. The van der Waals surface area contributed by atoms with Crippen LogP contribution >= 0.6 is 0 Å². The summed E-state index contributed by atoms with van der Waals surface area (Å²) in [5.41, 5.74) is 0.354. The van der Waals surface area contributed by atoms with Gasteiger partial charge in [0.05, 0.1) is 12.2 Å². The van der Waals surface area contributed by atoms with E-state index in [1.54, 1.807) is 0 Å². The number of hydrogen-bond donors (Lipinski definition) is 3. The van der Waals surface area contributed by atoms with Crippen molar-refractivity contribution in [2.75, 3.05) is 26.2 Å². The number of nitrogens with one attached hydrogen (secondary N) is 1. The smallest absolute Gasteiger partial charge is 0.243 e. The fraction of sp³-hybridized carbons (Fsp3) is 0.968. The Morgan fingerprint density at radius 3 is 1.80 bits per heavy atom. The summed E-state index contributed by atoms with van der Waals surface area (Å²) in [5, 5.41) is 26.6. The Morgan fingerprint density at radius 1 is 0.657 bits per heavy atom. The molecule has 7 heteroatoms. The molecule has 9 fully saturated rings. The molecule has 4 unspecified atom stereocenters. The van der Waals surface area contributed by atoms with Gasteiger partial charge in [-0.1, -0.05) is 131 Å². The third-order valence-corrected chi connectivity index (χ3v) is 23.0. The molecule has 9 rings (SSSR count). The van der Waals surface area contributed by atoms with Gasteiger partial charge in [-0.2, -0.15) is 0 Å². The lowest BCUT2D eigenvalue weighted by Gasteiger charge is -2.62. The zero-order chi connectivity index (χ0) is 49.5. The first-order valence-electron chi connectivity index (χ1n) is 31.5. The molecule has 1 aliphatic heterocycles. The highest BCUT2D eigenvalue weighted by molar-refractivity contribution is 5.88. The number of aliphatic hydroxyl groups is 2. The monoisotopic (exact) mass is 974 g/mol. The summed E-state index contributed by atoms with van der Waals surface area (Å²) >= 11 is 0. The van der Waals surface area contributed by atoms with E-state index in [0.29, 0.717) is 47.8 Å². The number of rotatable bonds is 27. The van der Waals surface area contributed by atoms with E-state index in [9.17, 15) is 10.2 Å². The second-order valence-corrected chi connectivity index (χ2v) is 27.6. The lowest BCUT2D eigenvalue weighted by atomic mass is 9.43. The van der Waals surface area contributed by atoms with E-state index in [2.05, 4.69) is 56.7 Å². The Morgan fingerprint density at radius 2 is 1.21 bits per heavy atom. The van der Waals surface area contributed by atoms with Crippen LogP contribution in [-0.2, 0) is 9.59 Å².